The lowest BCUT2D eigenvalue weighted by Crippen LogP contribution is -2.28. The maximum atomic E-state index is 10.5. The van der Waals surface area contributed by atoms with Crippen molar-refractivity contribution in [2.45, 2.75) is 39.2 Å². The van der Waals surface area contributed by atoms with Gasteiger partial charge in [0.25, 0.3) is 0 Å². The summed E-state index contributed by atoms with van der Waals surface area (Å²) < 4.78 is 4.65. The summed E-state index contributed by atoms with van der Waals surface area (Å²) >= 11 is 0. The first-order valence-corrected chi connectivity index (χ1v) is 5.33. The molecule has 1 unspecified atom stereocenters. The van der Waals surface area contributed by atoms with Crippen LogP contribution < -0.4 is 11.5 Å². The van der Waals surface area contributed by atoms with Crippen molar-refractivity contribution in [1.29, 1.82) is 0 Å². The number of hydrogen-bond donors (Lipinski definition) is 3. The maximum Gasteiger partial charge on any atom is 0.320 e. The van der Waals surface area contributed by atoms with Crippen LogP contribution in [0.1, 0.15) is 33.1 Å². The molecule has 96 valence electrons. The molecule has 0 rings (SSSR count). The van der Waals surface area contributed by atoms with Crippen LogP contribution in [0, 0.1) is 0 Å². The monoisotopic (exact) mass is 234 g/mol. The summed E-state index contributed by atoms with van der Waals surface area (Å²) in [5, 5.41) is 8.06. The number of carboxylic acid groups (broad SMARTS) is 1. The maximum absolute atomic E-state index is 10.5. The summed E-state index contributed by atoms with van der Waals surface area (Å²) in [7, 11) is 0. The quantitative estimate of drug-likeness (QED) is 0.561. The van der Waals surface area contributed by atoms with Gasteiger partial charge in [0.05, 0.1) is 6.61 Å². The molecule has 0 aromatic carbocycles. The van der Waals surface area contributed by atoms with Gasteiger partial charge in [-0.3, -0.25) is 9.59 Å². The Morgan fingerprint density at radius 1 is 1.38 bits per heavy atom. The summed E-state index contributed by atoms with van der Waals surface area (Å²) in [6.45, 7) is 4.54. The zero-order chi connectivity index (χ0) is 13.0. The molecule has 0 aliphatic carbocycles. The van der Waals surface area contributed by atoms with Crippen LogP contribution in [0.4, 0.5) is 0 Å². The first-order chi connectivity index (χ1) is 7.49. The van der Waals surface area contributed by atoms with Crippen molar-refractivity contribution in [2.24, 2.45) is 11.5 Å². The third kappa shape index (κ3) is 12.9. The van der Waals surface area contributed by atoms with Crippen LogP contribution in [-0.2, 0) is 14.3 Å². The van der Waals surface area contributed by atoms with Gasteiger partial charge < -0.3 is 21.3 Å². The van der Waals surface area contributed by atoms with E-state index < -0.39 is 12.0 Å². The van der Waals surface area contributed by atoms with Crippen molar-refractivity contribution in [3.05, 3.63) is 0 Å². The lowest BCUT2D eigenvalue weighted by Gasteiger charge is -1.98. The van der Waals surface area contributed by atoms with Crippen LogP contribution in [0.15, 0.2) is 0 Å². The molecule has 0 aromatic heterocycles. The summed E-state index contributed by atoms with van der Waals surface area (Å²) in [6.07, 6.45) is 1.67. The van der Waals surface area contributed by atoms with E-state index in [1.807, 2.05) is 0 Å². The van der Waals surface area contributed by atoms with Gasteiger partial charge in [0, 0.05) is 6.42 Å². The van der Waals surface area contributed by atoms with Crippen molar-refractivity contribution in [3.8, 4) is 0 Å². The molecule has 6 heteroatoms. The molecule has 0 fully saturated rings. The normalized spacial score (nSPS) is 11.0. The van der Waals surface area contributed by atoms with Crippen LogP contribution in [-0.4, -0.2) is 36.2 Å². The average Bonchev–Trinajstić information content (AvgIpc) is 2.26. The van der Waals surface area contributed by atoms with Crippen molar-refractivity contribution >= 4 is 11.9 Å². The van der Waals surface area contributed by atoms with E-state index in [0.29, 0.717) is 26.0 Å². The van der Waals surface area contributed by atoms with Crippen LogP contribution in [0.5, 0.6) is 0 Å². The molecule has 0 aliphatic heterocycles. The van der Waals surface area contributed by atoms with Crippen LogP contribution in [0.3, 0.4) is 0 Å². The number of carbonyl (C=O) groups is 2. The van der Waals surface area contributed by atoms with Gasteiger partial charge in [0.1, 0.15) is 6.04 Å². The van der Waals surface area contributed by atoms with E-state index in [9.17, 15) is 9.59 Å². The molecule has 16 heavy (non-hydrogen) atoms. The van der Waals surface area contributed by atoms with Crippen LogP contribution in [0.25, 0.3) is 0 Å². The first-order valence-electron chi connectivity index (χ1n) is 5.33. The Hall–Kier alpha value is -1.14. The molecule has 1 atom stereocenters. The van der Waals surface area contributed by atoms with E-state index in [-0.39, 0.29) is 5.97 Å². The summed E-state index contributed by atoms with van der Waals surface area (Å²) in [6, 6.07) is -0.681. The fraction of sp³-hybridized carbons (Fsp3) is 0.800. The topological polar surface area (TPSA) is 116 Å². The fourth-order valence-electron chi connectivity index (χ4n) is 0.654. The average molecular weight is 234 g/mol. The molecule has 0 aromatic rings. The Morgan fingerprint density at radius 2 is 1.94 bits per heavy atom. The fourth-order valence-corrected chi connectivity index (χ4v) is 0.654. The molecule has 0 aliphatic rings. The SMILES string of the molecule is CCC(N)C(=O)O.CCOC(=O)CCCN. The van der Waals surface area contributed by atoms with E-state index in [2.05, 4.69) is 4.74 Å². The van der Waals surface area contributed by atoms with Crippen molar-refractivity contribution < 1.29 is 19.4 Å². The van der Waals surface area contributed by atoms with Gasteiger partial charge in [0.2, 0.25) is 0 Å². The van der Waals surface area contributed by atoms with Crippen molar-refractivity contribution in [1.82, 2.24) is 0 Å². The van der Waals surface area contributed by atoms with Crippen molar-refractivity contribution in [2.75, 3.05) is 13.2 Å². The second kappa shape index (κ2) is 11.9. The van der Waals surface area contributed by atoms with Gasteiger partial charge in [-0.15, -0.1) is 0 Å². The lowest BCUT2D eigenvalue weighted by atomic mass is 10.2. The highest BCUT2D eigenvalue weighted by Crippen LogP contribution is 1.89. The van der Waals surface area contributed by atoms with E-state index in [1.54, 1.807) is 13.8 Å². The number of aliphatic carboxylic acids is 1. The Kier molecular flexibility index (Phi) is 12.9. The number of rotatable bonds is 6. The highest BCUT2D eigenvalue weighted by atomic mass is 16.5. The third-order valence-electron chi connectivity index (χ3n) is 1.65. The Morgan fingerprint density at radius 3 is 2.19 bits per heavy atom. The summed E-state index contributed by atoms with van der Waals surface area (Å²) in [5.41, 5.74) is 10.2. The summed E-state index contributed by atoms with van der Waals surface area (Å²) in [4.78, 5) is 20.3. The minimum absolute atomic E-state index is 0.150. The molecule has 0 saturated heterocycles. The van der Waals surface area contributed by atoms with Gasteiger partial charge in [-0.25, -0.2) is 0 Å². The molecular formula is C10H22N2O4. The number of ether oxygens (including phenoxy) is 1. The van der Waals surface area contributed by atoms with E-state index >= 15 is 0 Å². The molecule has 0 saturated carbocycles. The van der Waals surface area contributed by atoms with Gasteiger partial charge in [-0.05, 0) is 26.3 Å². The molecule has 0 radical (unpaired) electrons. The molecule has 0 amide bonds. The van der Waals surface area contributed by atoms with E-state index in [4.69, 9.17) is 16.6 Å². The van der Waals surface area contributed by atoms with E-state index in [0.717, 1.165) is 6.42 Å². The Balaban J connectivity index is 0. The largest absolute Gasteiger partial charge is 0.480 e. The number of carboxylic acids is 1. The van der Waals surface area contributed by atoms with Gasteiger partial charge >= 0.3 is 11.9 Å². The minimum atomic E-state index is -0.928. The smallest absolute Gasteiger partial charge is 0.320 e. The van der Waals surface area contributed by atoms with E-state index in [1.165, 1.54) is 0 Å². The zero-order valence-corrected chi connectivity index (χ0v) is 9.94. The lowest BCUT2D eigenvalue weighted by molar-refractivity contribution is -0.143. The molecule has 5 N–H and O–H groups in total. The minimum Gasteiger partial charge on any atom is -0.480 e. The number of nitrogens with two attached hydrogens (primary N) is 2. The Bertz CT molecular complexity index is 197. The molecule has 0 bridgehead atoms. The third-order valence-corrected chi connectivity index (χ3v) is 1.65. The number of hydrogen-bond acceptors (Lipinski definition) is 5. The summed E-state index contributed by atoms with van der Waals surface area (Å²) in [5.74, 6) is -1.08. The van der Waals surface area contributed by atoms with Crippen LogP contribution >= 0.6 is 0 Å². The highest BCUT2D eigenvalue weighted by Gasteiger charge is 2.05. The number of carbonyl (C=O) groups excluding carboxylic acids is 1. The molecule has 6 nitrogen and oxygen atoms in total. The second-order valence-corrected chi connectivity index (χ2v) is 3.05. The second-order valence-electron chi connectivity index (χ2n) is 3.05. The predicted octanol–water partition coefficient (Wildman–Crippen LogP) is 0.0967. The Labute approximate surface area is 95.9 Å². The van der Waals surface area contributed by atoms with Gasteiger partial charge in [0.15, 0.2) is 0 Å². The van der Waals surface area contributed by atoms with Crippen LogP contribution in [0.2, 0.25) is 0 Å². The van der Waals surface area contributed by atoms with Crippen molar-refractivity contribution in [3.63, 3.8) is 0 Å². The van der Waals surface area contributed by atoms with Gasteiger partial charge in [-0.2, -0.15) is 0 Å². The first kappa shape index (κ1) is 17.3. The zero-order valence-electron chi connectivity index (χ0n) is 9.94. The standard InChI is InChI=1S/C6H13NO2.C4H9NO2/c1-2-9-6(8)4-3-5-7;1-2-3(5)4(6)7/h2-5,7H2,1H3;3H,2,5H2,1H3,(H,6,7). The predicted molar refractivity (Wildman–Crippen MR) is 60.8 cm³/mol. The highest BCUT2D eigenvalue weighted by molar-refractivity contribution is 5.72. The molecule has 0 spiro atoms. The number of esters is 1. The molecular weight excluding hydrogens is 212 g/mol. The van der Waals surface area contributed by atoms with Gasteiger partial charge in [-0.1, -0.05) is 6.92 Å². The molecule has 0 heterocycles.